The van der Waals surface area contributed by atoms with Crippen LogP contribution in [-0.2, 0) is 9.59 Å². The van der Waals surface area contributed by atoms with E-state index < -0.39 is 0 Å². The summed E-state index contributed by atoms with van der Waals surface area (Å²) < 4.78 is 0. The van der Waals surface area contributed by atoms with Gasteiger partial charge in [-0.25, -0.2) is 0 Å². The van der Waals surface area contributed by atoms with Crippen molar-refractivity contribution in [2.75, 3.05) is 0 Å². The molecular formula is C20H26O2. The fourth-order valence-corrected chi connectivity index (χ4v) is 4.22. The summed E-state index contributed by atoms with van der Waals surface area (Å²) in [4.78, 5) is 21.7. The lowest BCUT2D eigenvalue weighted by Gasteiger charge is -2.28. The van der Waals surface area contributed by atoms with Crippen LogP contribution in [0.3, 0.4) is 0 Å². The predicted molar refractivity (Wildman–Crippen MR) is 88.0 cm³/mol. The van der Waals surface area contributed by atoms with Crippen LogP contribution in [0.25, 0.3) is 0 Å². The number of aldehydes is 2. The van der Waals surface area contributed by atoms with E-state index in [9.17, 15) is 9.59 Å². The van der Waals surface area contributed by atoms with Gasteiger partial charge in [0, 0.05) is 11.8 Å². The summed E-state index contributed by atoms with van der Waals surface area (Å²) in [5, 5.41) is 0. The molecule has 0 radical (unpaired) electrons. The summed E-state index contributed by atoms with van der Waals surface area (Å²) in [7, 11) is 0. The molecule has 2 fully saturated rings. The molecule has 0 amide bonds. The number of rotatable bonds is 4. The number of carbonyl (C=O) groups excluding carboxylic acids is 2. The van der Waals surface area contributed by atoms with Crippen molar-refractivity contribution in [2.45, 2.75) is 63.2 Å². The lowest BCUT2D eigenvalue weighted by atomic mass is 9.77. The minimum Gasteiger partial charge on any atom is -0.303 e. The highest BCUT2D eigenvalue weighted by Crippen LogP contribution is 2.38. The Hall–Kier alpha value is -1.44. The fraction of sp³-hybridized carbons (Fsp3) is 0.600. The maximum atomic E-state index is 10.8. The minimum absolute atomic E-state index is 0.295. The van der Waals surface area contributed by atoms with Gasteiger partial charge in [0.1, 0.15) is 12.6 Å². The number of carbonyl (C=O) groups is 2. The maximum absolute atomic E-state index is 10.8. The minimum atomic E-state index is 0.295. The van der Waals surface area contributed by atoms with E-state index in [2.05, 4.69) is 24.3 Å². The molecule has 2 heteroatoms. The third-order valence-corrected chi connectivity index (χ3v) is 5.81. The van der Waals surface area contributed by atoms with Crippen molar-refractivity contribution >= 4 is 12.6 Å². The Morgan fingerprint density at radius 3 is 1.18 bits per heavy atom. The zero-order valence-electron chi connectivity index (χ0n) is 13.2. The zero-order valence-corrected chi connectivity index (χ0v) is 13.2. The van der Waals surface area contributed by atoms with Gasteiger partial charge in [-0.3, -0.25) is 0 Å². The van der Waals surface area contributed by atoms with Crippen molar-refractivity contribution in [2.24, 2.45) is 11.8 Å². The van der Waals surface area contributed by atoms with Crippen molar-refractivity contribution in [3.63, 3.8) is 0 Å². The van der Waals surface area contributed by atoms with E-state index >= 15 is 0 Å². The smallest absolute Gasteiger partial charge is 0.123 e. The molecule has 0 bridgehead atoms. The molecule has 0 aromatic heterocycles. The molecule has 0 atom stereocenters. The topological polar surface area (TPSA) is 34.1 Å². The number of benzene rings is 1. The number of hydrogen-bond donors (Lipinski definition) is 0. The molecule has 2 nitrogen and oxygen atoms in total. The summed E-state index contributed by atoms with van der Waals surface area (Å²) in [6.45, 7) is 0. The second-order valence-corrected chi connectivity index (χ2v) is 7.16. The molecule has 22 heavy (non-hydrogen) atoms. The first-order valence-electron chi connectivity index (χ1n) is 8.80. The molecule has 1 aromatic rings. The summed E-state index contributed by atoms with van der Waals surface area (Å²) >= 11 is 0. The predicted octanol–water partition coefficient (Wildman–Crippen LogP) is 4.63. The van der Waals surface area contributed by atoms with Crippen LogP contribution in [0.2, 0.25) is 0 Å². The Morgan fingerprint density at radius 2 is 0.909 bits per heavy atom. The van der Waals surface area contributed by atoms with E-state index in [1.807, 2.05) is 0 Å². The largest absolute Gasteiger partial charge is 0.303 e. The zero-order chi connectivity index (χ0) is 15.4. The lowest BCUT2D eigenvalue weighted by Crippen LogP contribution is -2.15. The van der Waals surface area contributed by atoms with Crippen molar-refractivity contribution in [1.82, 2.24) is 0 Å². The fourth-order valence-electron chi connectivity index (χ4n) is 4.22. The second-order valence-electron chi connectivity index (χ2n) is 7.16. The third kappa shape index (κ3) is 3.48. The molecule has 0 N–H and O–H groups in total. The molecule has 118 valence electrons. The summed E-state index contributed by atoms with van der Waals surface area (Å²) in [5.74, 6) is 1.86. The third-order valence-electron chi connectivity index (χ3n) is 5.81. The molecule has 2 saturated carbocycles. The Bertz CT molecular complexity index is 442. The van der Waals surface area contributed by atoms with Crippen molar-refractivity contribution in [3.8, 4) is 0 Å². The highest BCUT2D eigenvalue weighted by atomic mass is 16.1. The van der Waals surface area contributed by atoms with Gasteiger partial charge < -0.3 is 9.59 Å². The molecule has 2 aliphatic carbocycles. The number of hydrogen-bond acceptors (Lipinski definition) is 2. The molecule has 2 aliphatic rings. The SMILES string of the molecule is O=CC1CCC(c2ccc(C3CCC(C=O)CC3)cc2)CC1. The van der Waals surface area contributed by atoms with E-state index in [1.54, 1.807) is 0 Å². The summed E-state index contributed by atoms with van der Waals surface area (Å²) in [6.07, 6.45) is 11.0. The van der Waals surface area contributed by atoms with E-state index in [1.165, 1.54) is 11.1 Å². The first-order chi connectivity index (χ1) is 10.8. The van der Waals surface area contributed by atoms with Crippen molar-refractivity contribution < 1.29 is 9.59 Å². The van der Waals surface area contributed by atoms with E-state index in [0.29, 0.717) is 23.7 Å². The molecule has 0 heterocycles. The Balaban J connectivity index is 1.59. The maximum Gasteiger partial charge on any atom is 0.123 e. The average molecular weight is 298 g/mol. The Kier molecular flexibility index (Phi) is 5.07. The van der Waals surface area contributed by atoms with Gasteiger partial charge in [-0.2, -0.15) is 0 Å². The van der Waals surface area contributed by atoms with Gasteiger partial charge in [-0.15, -0.1) is 0 Å². The normalized spacial score (nSPS) is 32.4. The molecular weight excluding hydrogens is 272 g/mol. The van der Waals surface area contributed by atoms with Gasteiger partial charge in [-0.1, -0.05) is 24.3 Å². The van der Waals surface area contributed by atoms with Crippen molar-refractivity contribution in [1.29, 1.82) is 0 Å². The van der Waals surface area contributed by atoms with E-state index in [-0.39, 0.29) is 0 Å². The summed E-state index contributed by atoms with van der Waals surface area (Å²) in [6, 6.07) is 9.19. The Morgan fingerprint density at radius 1 is 0.591 bits per heavy atom. The molecule has 1 aromatic carbocycles. The first-order valence-corrected chi connectivity index (χ1v) is 8.80. The van der Waals surface area contributed by atoms with Crippen LogP contribution in [0.5, 0.6) is 0 Å². The monoisotopic (exact) mass is 298 g/mol. The van der Waals surface area contributed by atoms with Crippen LogP contribution in [0.1, 0.15) is 74.3 Å². The van der Waals surface area contributed by atoms with Gasteiger partial charge in [0.2, 0.25) is 0 Å². The lowest BCUT2D eigenvalue weighted by molar-refractivity contribution is -0.112. The van der Waals surface area contributed by atoms with E-state index in [4.69, 9.17) is 0 Å². The van der Waals surface area contributed by atoms with Crippen molar-refractivity contribution in [3.05, 3.63) is 35.4 Å². The summed E-state index contributed by atoms with van der Waals surface area (Å²) in [5.41, 5.74) is 2.88. The van der Waals surface area contributed by atoms with Crippen LogP contribution < -0.4 is 0 Å². The standard InChI is InChI=1S/C20H26O2/c21-13-15-1-5-17(6-2-15)19-9-11-20(12-10-19)18-7-3-16(14-22)4-8-18/h9-18H,1-8H2. The highest BCUT2D eigenvalue weighted by Gasteiger charge is 2.24. The van der Waals surface area contributed by atoms with Gasteiger partial charge in [0.25, 0.3) is 0 Å². The molecule has 0 aliphatic heterocycles. The van der Waals surface area contributed by atoms with Gasteiger partial charge in [0.05, 0.1) is 0 Å². The highest BCUT2D eigenvalue weighted by molar-refractivity contribution is 5.54. The van der Waals surface area contributed by atoms with Gasteiger partial charge in [-0.05, 0) is 74.3 Å². The van der Waals surface area contributed by atoms with Crippen LogP contribution in [0, 0.1) is 11.8 Å². The molecule has 0 unspecified atom stereocenters. The first kappa shape index (κ1) is 15.5. The van der Waals surface area contributed by atoms with Crippen LogP contribution >= 0.6 is 0 Å². The average Bonchev–Trinajstić information content (AvgIpc) is 2.62. The Labute approximate surface area is 133 Å². The quantitative estimate of drug-likeness (QED) is 0.759. The van der Waals surface area contributed by atoms with E-state index in [0.717, 1.165) is 63.9 Å². The van der Waals surface area contributed by atoms with Crippen LogP contribution in [-0.4, -0.2) is 12.6 Å². The second kappa shape index (κ2) is 7.21. The van der Waals surface area contributed by atoms with Gasteiger partial charge in [0.15, 0.2) is 0 Å². The molecule has 0 spiro atoms. The molecule has 0 saturated heterocycles. The molecule has 3 rings (SSSR count). The van der Waals surface area contributed by atoms with Gasteiger partial charge >= 0.3 is 0 Å². The van der Waals surface area contributed by atoms with Crippen LogP contribution in [0.15, 0.2) is 24.3 Å². The van der Waals surface area contributed by atoms with Crippen LogP contribution in [0.4, 0.5) is 0 Å².